The zero-order valence-electron chi connectivity index (χ0n) is 17.0. The molecule has 0 radical (unpaired) electrons. The van der Waals surface area contributed by atoms with Gasteiger partial charge in [0.1, 0.15) is 10.6 Å². The molecule has 0 aliphatic heterocycles. The van der Waals surface area contributed by atoms with Gasteiger partial charge in [0.05, 0.1) is 0 Å². The van der Waals surface area contributed by atoms with E-state index >= 15 is 0 Å². The van der Waals surface area contributed by atoms with Crippen molar-refractivity contribution in [3.63, 3.8) is 0 Å². The van der Waals surface area contributed by atoms with E-state index in [9.17, 15) is 18.0 Å². The Bertz CT molecular complexity index is 971. The molecule has 8 heteroatoms. The van der Waals surface area contributed by atoms with E-state index in [1.165, 1.54) is 38.1 Å². The van der Waals surface area contributed by atoms with Crippen LogP contribution < -0.4 is 9.50 Å². The van der Waals surface area contributed by atoms with Gasteiger partial charge >= 0.3 is 10.1 Å². The van der Waals surface area contributed by atoms with Crippen LogP contribution in [0.15, 0.2) is 53.4 Å². The summed E-state index contributed by atoms with van der Waals surface area (Å²) in [5.74, 6) is -0.121. The molecule has 2 amide bonds. The largest absolute Gasteiger partial charge is 0.379 e. The molecule has 2 rings (SSSR count). The Morgan fingerprint density at radius 2 is 1.76 bits per heavy atom. The van der Waals surface area contributed by atoms with Gasteiger partial charge < -0.3 is 14.4 Å². The predicted octanol–water partition coefficient (Wildman–Crippen LogP) is 3.56. The molecular weight excluding hydrogens is 392 g/mol. The smallest absolute Gasteiger partial charge is 0.339 e. The van der Waals surface area contributed by atoms with Crippen molar-refractivity contribution in [2.75, 3.05) is 5.32 Å². The summed E-state index contributed by atoms with van der Waals surface area (Å²) >= 11 is 0. The van der Waals surface area contributed by atoms with Gasteiger partial charge in [-0.2, -0.15) is 8.42 Å². The molecule has 0 aromatic heterocycles. The number of nitrogens with one attached hydrogen (secondary N) is 1. The molecule has 156 valence electrons. The number of carbonyl (C=O) groups is 2. The molecule has 7 nitrogen and oxygen atoms in total. The zero-order chi connectivity index (χ0) is 21.6. The fourth-order valence-corrected chi connectivity index (χ4v) is 3.70. The Labute approximate surface area is 171 Å². The summed E-state index contributed by atoms with van der Waals surface area (Å²) in [6, 6.07) is 12.5. The second-order valence-electron chi connectivity index (χ2n) is 6.79. The minimum absolute atomic E-state index is 0.0260. The minimum atomic E-state index is -4.03. The number of nitrogens with zero attached hydrogens (tertiary/aromatic N) is 1. The van der Waals surface area contributed by atoms with Crippen molar-refractivity contribution in [3.8, 4) is 5.75 Å². The lowest BCUT2D eigenvalue weighted by Gasteiger charge is -2.27. The molecule has 0 spiro atoms. The van der Waals surface area contributed by atoms with Crippen LogP contribution >= 0.6 is 0 Å². The lowest BCUT2D eigenvalue weighted by Crippen LogP contribution is -2.36. The molecule has 2 aromatic rings. The topological polar surface area (TPSA) is 92.8 Å². The number of anilines is 1. The maximum Gasteiger partial charge on any atom is 0.339 e. The zero-order valence-corrected chi connectivity index (χ0v) is 17.8. The first-order chi connectivity index (χ1) is 13.6. The van der Waals surface area contributed by atoms with Crippen LogP contribution in [0.25, 0.3) is 0 Å². The normalized spacial score (nSPS) is 12.1. The van der Waals surface area contributed by atoms with E-state index in [2.05, 4.69) is 5.32 Å². The Hall–Kier alpha value is -2.87. The van der Waals surface area contributed by atoms with Crippen molar-refractivity contribution < 1.29 is 22.2 Å². The van der Waals surface area contributed by atoms with Gasteiger partial charge in [0.25, 0.3) is 0 Å². The molecule has 2 aromatic carbocycles. The summed E-state index contributed by atoms with van der Waals surface area (Å²) in [5.41, 5.74) is 1.27. The Balaban J connectivity index is 2.18. The van der Waals surface area contributed by atoms with Crippen LogP contribution in [0.4, 0.5) is 5.69 Å². The first-order valence-corrected chi connectivity index (χ1v) is 10.7. The van der Waals surface area contributed by atoms with Crippen molar-refractivity contribution in [1.82, 2.24) is 4.90 Å². The highest BCUT2D eigenvalue weighted by Crippen LogP contribution is 2.22. The summed E-state index contributed by atoms with van der Waals surface area (Å²) in [7, 11) is -4.03. The van der Waals surface area contributed by atoms with Crippen LogP contribution in [0.3, 0.4) is 0 Å². The summed E-state index contributed by atoms with van der Waals surface area (Å²) in [5, 5.41) is 2.57. The van der Waals surface area contributed by atoms with Crippen LogP contribution in [0.1, 0.15) is 39.7 Å². The molecule has 0 unspecified atom stereocenters. The van der Waals surface area contributed by atoms with Gasteiger partial charge in [-0.25, -0.2) is 0 Å². The third-order valence-corrected chi connectivity index (χ3v) is 5.71. The van der Waals surface area contributed by atoms with Gasteiger partial charge in [0, 0.05) is 32.1 Å². The number of hydrogen-bond donors (Lipinski definition) is 1. The molecule has 0 saturated carbocycles. The molecule has 0 aliphatic carbocycles. The fourth-order valence-electron chi connectivity index (χ4n) is 2.77. The van der Waals surface area contributed by atoms with Crippen LogP contribution in [0.5, 0.6) is 5.75 Å². The van der Waals surface area contributed by atoms with Crippen molar-refractivity contribution in [2.45, 2.75) is 51.6 Å². The second-order valence-corrected chi connectivity index (χ2v) is 8.34. The number of hydrogen-bond acceptors (Lipinski definition) is 5. The molecular formula is C21H26N2O5S. The van der Waals surface area contributed by atoms with E-state index in [1.807, 2.05) is 19.9 Å². The lowest BCUT2D eigenvalue weighted by atomic mass is 10.1. The first kappa shape index (κ1) is 22.4. The molecule has 0 saturated heterocycles. The number of carbonyl (C=O) groups excluding carboxylic acids is 2. The molecule has 0 fully saturated rings. The minimum Gasteiger partial charge on any atom is -0.379 e. The molecule has 0 aliphatic rings. The van der Waals surface area contributed by atoms with Crippen LogP contribution in [-0.2, 0) is 26.3 Å². The van der Waals surface area contributed by atoms with Crippen molar-refractivity contribution >= 4 is 27.6 Å². The van der Waals surface area contributed by atoms with E-state index in [0.717, 1.165) is 12.0 Å². The average molecular weight is 419 g/mol. The maximum absolute atomic E-state index is 12.6. The van der Waals surface area contributed by atoms with Gasteiger partial charge in [-0.1, -0.05) is 19.1 Å². The van der Waals surface area contributed by atoms with Crippen LogP contribution in [0.2, 0.25) is 0 Å². The van der Waals surface area contributed by atoms with Gasteiger partial charge in [-0.3, -0.25) is 9.59 Å². The number of amides is 2. The summed E-state index contributed by atoms with van der Waals surface area (Å²) in [6.45, 7) is 7.23. The van der Waals surface area contributed by atoms with E-state index < -0.39 is 10.1 Å². The van der Waals surface area contributed by atoms with Gasteiger partial charge in [0.15, 0.2) is 0 Å². The van der Waals surface area contributed by atoms with E-state index in [4.69, 9.17) is 4.18 Å². The van der Waals surface area contributed by atoms with E-state index in [0.29, 0.717) is 12.2 Å². The molecule has 1 N–H and O–H groups in total. The number of rotatable bonds is 8. The summed E-state index contributed by atoms with van der Waals surface area (Å²) in [4.78, 5) is 24.7. The monoisotopic (exact) mass is 418 g/mol. The third-order valence-electron chi connectivity index (χ3n) is 4.45. The highest BCUT2D eigenvalue weighted by molar-refractivity contribution is 7.87. The molecule has 1 atom stereocenters. The second kappa shape index (κ2) is 9.56. The summed E-state index contributed by atoms with van der Waals surface area (Å²) in [6.07, 6.45) is 0.818. The maximum atomic E-state index is 12.6. The molecule has 29 heavy (non-hydrogen) atoms. The van der Waals surface area contributed by atoms with E-state index in [-0.39, 0.29) is 28.5 Å². The molecule has 0 bridgehead atoms. The Morgan fingerprint density at radius 1 is 1.10 bits per heavy atom. The van der Waals surface area contributed by atoms with Gasteiger partial charge in [0.2, 0.25) is 11.8 Å². The Morgan fingerprint density at radius 3 is 2.31 bits per heavy atom. The third kappa shape index (κ3) is 6.32. The van der Waals surface area contributed by atoms with E-state index in [1.54, 1.807) is 23.1 Å². The predicted molar refractivity (Wildman–Crippen MR) is 111 cm³/mol. The van der Waals surface area contributed by atoms with Gasteiger partial charge in [-0.05, 0) is 55.3 Å². The SMILES string of the molecule is CC[C@@H](C)N(Cc1cccc(OS(=O)(=O)c2ccc(NC(C)=O)cc2)c1)C(C)=O. The van der Waals surface area contributed by atoms with Crippen molar-refractivity contribution in [2.24, 2.45) is 0 Å². The quantitative estimate of drug-likeness (QED) is 0.662. The van der Waals surface area contributed by atoms with Crippen molar-refractivity contribution in [1.29, 1.82) is 0 Å². The Kier molecular flexibility index (Phi) is 7.39. The molecule has 0 heterocycles. The lowest BCUT2D eigenvalue weighted by molar-refractivity contribution is -0.131. The summed E-state index contributed by atoms with van der Waals surface area (Å²) < 4.78 is 30.4. The average Bonchev–Trinajstić information content (AvgIpc) is 2.65. The highest BCUT2D eigenvalue weighted by Gasteiger charge is 2.19. The van der Waals surface area contributed by atoms with Crippen LogP contribution in [0, 0.1) is 0 Å². The highest BCUT2D eigenvalue weighted by atomic mass is 32.2. The standard InChI is InChI=1S/C21H26N2O5S/c1-5-15(2)23(17(4)25)14-18-7-6-8-20(13-18)28-29(26,27)21-11-9-19(10-12-21)22-16(3)24/h6-13,15H,5,14H2,1-4H3,(H,22,24)/t15-/m1/s1. The van der Waals surface area contributed by atoms with Gasteiger partial charge in [-0.15, -0.1) is 0 Å². The fraction of sp³-hybridized carbons (Fsp3) is 0.333. The first-order valence-electron chi connectivity index (χ1n) is 9.30. The van der Waals surface area contributed by atoms with Crippen LogP contribution in [-0.4, -0.2) is 31.2 Å². The number of benzene rings is 2. The van der Waals surface area contributed by atoms with Crippen molar-refractivity contribution in [3.05, 3.63) is 54.1 Å².